The Labute approximate surface area is 319 Å². The Morgan fingerprint density at radius 3 is 1.63 bits per heavy atom. The molecule has 0 amide bonds. The average molecular weight is 752 g/mol. The molecule has 0 spiro atoms. The van der Waals surface area contributed by atoms with Crippen LogP contribution >= 0.6 is 7.82 Å². The number of hydrogen-bond donors (Lipinski definition) is 2. The Bertz CT molecular complexity index is 979. The van der Waals surface area contributed by atoms with Crippen LogP contribution in [0, 0.1) is 0 Å². The van der Waals surface area contributed by atoms with Gasteiger partial charge in [0.2, 0.25) is 0 Å². The molecule has 0 aliphatic heterocycles. The minimum absolute atomic E-state index is 0.0945. The van der Waals surface area contributed by atoms with Crippen molar-refractivity contribution in [2.45, 2.75) is 174 Å². The third kappa shape index (κ3) is 39.4. The largest absolute Gasteiger partial charge is 0.472 e. The SMILES string of the molecule is CC/C=C\C/C=C\C/C=C\C/C=C\CCCCCCCCCOCC(COP(=O)(O)OCCN)OC(=O)CCCCCCC/C=C\CCCCCC. The molecule has 52 heavy (non-hydrogen) atoms. The van der Waals surface area contributed by atoms with Crippen molar-refractivity contribution in [2.75, 3.05) is 33.0 Å². The maximum Gasteiger partial charge on any atom is 0.472 e. The summed E-state index contributed by atoms with van der Waals surface area (Å²) in [6, 6.07) is 0. The maximum absolute atomic E-state index is 12.5. The van der Waals surface area contributed by atoms with Gasteiger partial charge in [0.05, 0.1) is 19.8 Å². The lowest BCUT2D eigenvalue weighted by Gasteiger charge is -2.20. The summed E-state index contributed by atoms with van der Waals surface area (Å²) in [5.41, 5.74) is 5.36. The van der Waals surface area contributed by atoms with Gasteiger partial charge in [0.25, 0.3) is 0 Å². The summed E-state index contributed by atoms with van der Waals surface area (Å²) in [7, 11) is -4.28. The number of phosphoric acid groups is 1. The fourth-order valence-corrected chi connectivity index (χ4v) is 6.16. The summed E-state index contributed by atoms with van der Waals surface area (Å²) in [5.74, 6) is -0.346. The van der Waals surface area contributed by atoms with Crippen molar-refractivity contribution in [3.63, 3.8) is 0 Å². The lowest BCUT2D eigenvalue weighted by molar-refractivity contribution is -0.154. The molecule has 0 bridgehead atoms. The van der Waals surface area contributed by atoms with Gasteiger partial charge in [0.1, 0.15) is 6.10 Å². The van der Waals surface area contributed by atoms with Gasteiger partial charge in [0.15, 0.2) is 0 Å². The van der Waals surface area contributed by atoms with Crippen molar-refractivity contribution in [1.82, 2.24) is 0 Å². The highest BCUT2D eigenvalue weighted by Crippen LogP contribution is 2.43. The highest BCUT2D eigenvalue weighted by atomic mass is 31.2. The minimum atomic E-state index is -4.28. The van der Waals surface area contributed by atoms with Gasteiger partial charge in [-0.1, -0.05) is 145 Å². The summed E-state index contributed by atoms with van der Waals surface area (Å²) in [5, 5.41) is 0. The highest BCUT2D eigenvalue weighted by Gasteiger charge is 2.25. The van der Waals surface area contributed by atoms with Crippen LogP contribution in [0.15, 0.2) is 60.8 Å². The first-order chi connectivity index (χ1) is 25.4. The summed E-state index contributed by atoms with van der Waals surface area (Å²) in [4.78, 5) is 22.4. The second-order valence-electron chi connectivity index (χ2n) is 13.5. The number of ether oxygens (including phenoxy) is 2. The number of nitrogens with two attached hydrogens (primary N) is 1. The van der Waals surface area contributed by atoms with Gasteiger partial charge in [0, 0.05) is 19.6 Å². The van der Waals surface area contributed by atoms with Crippen LogP contribution in [0.3, 0.4) is 0 Å². The predicted octanol–water partition coefficient (Wildman–Crippen LogP) is 12.2. The first-order valence-electron chi connectivity index (χ1n) is 20.8. The van der Waals surface area contributed by atoms with Crippen LogP contribution in [-0.4, -0.2) is 49.9 Å². The number of esters is 1. The third-order valence-corrected chi connectivity index (χ3v) is 9.40. The molecular formula is C43H78NO7P. The summed E-state index contributed by atoms with van der Waals surface area (Å²) >= 11 is 0. The number of rotatable bonds is 39. The molecule has 0 aromatic carbocycles. The lowest BCUT2D eigenvalue weighted by Crippen LogP contribution is -2.28. The van der Waals surface area contributed by atoms with Crippen LogP contribution in [0.2, 0.25) is 0 Å². The van der Waals surface area contributed by atoms with Crippen molar-refractivity contribution in [3.05, 3.63) is 60.8 Å². The second kappa shape index (κ2) is 40.4. The zero-order valence-corrected chi connectivity index (χ0v) is 34.2. The van der Waals surface area contributed by atoms with Crippen LogP contribution in [0.1, 0.15) is 168 Å². The molecule has 3 N–H and O–H groups in total. The van der Waals surface area contributed by atoms with E-state index in [1.54, 1.807) is 0 Å². The Hall–Kier alpha value is -1.80. The van der Waals surface area contributed by atoms with Crippen molar-refractivity contribution in [1.29, 1.82) is 0 Å². The fourth-order valence-electron chi connectivity index (χ4n) is 5.39. The van der Waals surface area contributed by atoms with Crippen molar-refractivity contribution >= 4 is 13.8 Å². The summed E-state index contributed by atoms with van der Waals surface area (Å²) in [6.07, 6.45) is 48.0. The predicted molar refractivity (Wildman–Crippen MR) is 219 cm³/mol. The first-order valence-corrected chi connectivity index (χ1v) is 22.3. The topological polar surface area (TPSA) is 117 Å². The fraction of sp³-hybridized carbons (Fsp3) is 0.744. The van der Waals surface area contributed by atoms with Gasteiger partial charge >= 0.3 is 13.8 Å². The Balaban J connectivity index is 4.07. The number of carbonyl (C=O) groups excluding carboxylic acids is 1. The zero-order chi connectivity index (χ0) is 38.1. The van der Waals surface area contributed by atoms with Crippen LogP contribution in [-0.2, 0) is 27.9 Å². The Kier molecular flexibility index (Phi) is 39.0. The van der Waals surface area contributed by atoms with E-state index in [2.05, 4.69) is 74.6 Å². The second-order valence-corrected chi connectivity index (χ2v) is 14.9. The standard InChI is InChI=1S/C43H78NO7P/c1-3-5-7-9-11-13-15-17-18-19-20-21-22-23-25-27-29-31-33-35-38-48-40-42(41-50-52(46,47)49-39-37-44)51-43(45)36-34-32-30-28-26-24-16-14-12-10-8-6-4-2/h5,7,11,13-14,16-18,20-21,42H,3-4,6,8-10,12,15,19,22-41,44H2,1-2H3,(H,46,47)/b7-5-,13-11-,16-14-,18-17-,21-20-. The van der Waals surface area contributed by atoms with E-state index in [-0.39, 0.29) is 32.3 Å². The molecule has 0 rings (SSSR count). The molecule has 9 heteroatoms. The number of carbonyl (C=O) groups is 1. The van der Waals surface area contributed by atoms with Crippen molar-refractivity contribution < 1.29 is 32.8 Å². The van der Waals surface area contributed by atoms with Gasteiger partial charge in [-0.3, -0.25) is 13.8 Å². The Morgan fingerprint density at radius 2 is 1.08 bits per heavy atom. The minimum Gasteiger partial charge on any atom is -0.457 e. The monoisotopic (exact) mass is 752 g/mol. The number of unbranched alkanes of at least 4 members (excludes halogenated alkanes) is 16. The van der Waals surface area contributed by atoms with E-state index >= 15 is 0 Å². The molecule has 0 radical (unpaired) electrons. The molecule has 302 valence electrons. The smallest absolute Gasteiger partial charge is 0.457 e. The van der Waals surface area contributed by atoms with Crippen molar-refractivity contribution in [2.24, 2.45) is 5.73 Å². The average Bonchev–Trinajstić information content (AvgIpc) is 3.13. The number of phosphoric ester groups is 1. The molecule has 0 saturated carbocycles. The molecule has 8 nitrogen and oxygen atoms in total. The van der Waals surface area contributed by atoms with E-state index in [1.807, 2.05) is 0 Å². The quantitative estimate of drug-likeness (QED) is 0.0276. The molecule has 2 atom stereocenters. The molecule has 0 aromatic heterocycles. The van der Waals surface area contributed by atoms with Crippen LogP contribution in [0.25, 0.3) is 0 Å². The summed E-state index contributed by atoms with van der Waals surface area (Å²) < 4.78 is 33.4. The molecule has 0 aliphatic carbocycles. The van der Waals surface area contributed by atoms with Gasteiger partial charge in [-0.2, -0.15) is 0 Å². The molecule has 0 aromatic rings. The first kappa shape index (κ1) is 50.2. The highest BCUT2D eigenvalue weighted by molar-refractivity contribution is 7.47. The van der Waals surface area contributed by atoms with E-state index in [9.17, 15) is 14.3 Å². The molecule has 0 saturated heterocycles. The number of hydrogen-bond acceptors (Lipinski definition) is 7. The van der Waals surface area contributed by atoms with Crippen LogP contribution in [0.4, 0.5) is 0 Å². The van der Waals surface area contributed by atoms with Crippen LogP contribution in [0.5, 0.6) is 0 Å². The normalized spacial score (nSPS) is 14.2. The van der Waals surface area contributed by atoms with Gasteiger partial charge < -0.3 is 20.1 Å². The lowest BCUT2D eigenvalue weighted by atomic mass is 10.1. The Morgan fingerprint density at radius 1 is 0.596 bits per heavy atom. The third-order valence-electron chi connectivity index (χ3n) is 8.42. The van der Waals surface area contributed by atoms with Crippen molar-refractivity contribution in [3.8, 4) is 0 Å². The maximum atomic E-state index is 12.5. The van der Waals surface area contributed by atoms with E-state index in [4.69, 9.17) is 24.3 Å². The molecule has 0 fully saturated rings. The van der Waals surface area contributed by atoms with Crippen LogP contribution < -0.4 is 5.73 Å². The van der Waals surface area contributed by atoms with Gasteiger partial charge in [-0.25, -0.2) is 4.57 Å². The molecule has 0 aliphatic rings. The van der Waals surface area contributed by atoms with E-state index in [0.29, 0.717) is 13.0 Å². The molecule has 2 unspecified atom stereocenters. The molecular weight excluding hydrogens is 673 g/mol. The van der Waals surface area contributed by atoms with E-state index in [0.717, 1.165) is 83.5 Å². The van der Waals surface area contributed by atoms with Gasteiger partial charge in [-0.15, -0.1) is 0 Å². The van der Waals surface area contributed by atoms with Gasteiger partial charge in [-0.05, 0) is 77.0 Å². The zero-order valence-electron chi connectivity index (χ0n) is 33.3. The molecule has 0 heterocycles. The van der Waals surface area contributed by atoms with E-state index < -0.39 is 13.9 Å². The number of allylic oxidation sites excluding steroid dienone is 10. The van der Waals surface area contributed by atoms with E-state index in [1.165, 1.54) is 64.2 Å². The summed E-state index contributed by atoms with van der Waals surface area (Å²) in [6.45, 7) is 4.74.